The molecule has 1 unspecified atom stereocenters. The summed E-state index contributed by atoms with van der Waals surface area (Å²) in [5.41, 5.74) is 0.563. The molecule has 2 aromatic rings. The lowest BCUT2D eigenvalue weighted by molar-refractivity contribution is -0.277. The smallest absolute Gasteiger partial charge is 0.336 e. The Morgan fingerprint density at radius 1 is 1.12 bits per heavy atom. The van der Waals surface area contributed by atoms with Gasteiger partial charge >= 0.3 is 5.63 Å². The van der Waals surface area contributed by atoms with E-state index in [4.69, 9.17) is 19.0 Å². The van der Waals surface area contributed by atoms with Gasteiger partial charge in [0.05, 0.1) is 6.61 Å². The van der Waals surface area contributed by atoms with Gasteiger partial charge in [-0.05, 0) is 24.6 Å². The lowest BCUT2D eigenvalue weighted by atomic mass is 9.99. The molecule has 0 spiro atoms. The standard InChI is InChI=1S/C16H18O8/c1-7-4-12(18)23-10-5-8(2-3-9(7)10)22-16-15(21)14(20)13(19)11(6-17)24-16/h2-5,11,13-17,19-21H,6H2,1H3/t11-,13-,14+,15+,16?/m0/s1. The third-order valence-electron chi connectivity index (χ3n) is 4.02. The highest BCUT2D eigenvalue weighted by atomic mass is 16.7. The maximum atomic E-state index is 11.5. The summed E-state index contributed by atoms with van der Waals surface area (Å²) < 4.78 is 15.9. The highest BCUT2D eigenvalue weighted by Crippen LogP contribution is 2.27. The number of rotatable bonds is 3. The fraction of sp³-hybridized carbons (Fsp3) is 0.438. The van der Waals surface area contributed by atoms with Crippen LogP contribution in [0.4, 0.5) is 0 Å². The number of hydrogen-bond acceptors (Lipinski definition) is 8. The molecule has 3 rings (SSSR count). The van der Waals surface area contributed by atoms with Crippen molar-refractivity contribution in [3.63, 3.8) is 0 Å². The van der Waals surface area contributed by atoms with Crippen molar-refractivity contribution >= 4 is 11.0 Å². The number of ether oxygens (including phenoxy) is 2. The molecular formula is C16H18O8. The van der Waals surface area contributed by atoms with Crippen LogP contribution in [0.3, 0.4) is 0 Å². The van der Waals surface area contributed by atoms with Gasteiger partial charge < -0.3 is 34.3 Å². The van der Waals surface area contributed by atoms with Crippen LogP contribution in [0.2, 0.25) is 0 Å². The van der Waals surface area contributed by atoms with E-state index in [2.05, 4.69) is 0 Å². The lowest BCUT2D eigenvalue weighted by Gasteiger charge is -2.39. The molecular weight excluding hydrogens is 320 g/mol. The number of fused-ring (bicyclic) bond motifs is 1. The zero-order valence-electron chi connectivity index (χ0n) is 12.8. The molecule has 0 bridgehead atoms. The summed E-state index contributed by atoms with van der Waals surface area (Å²) in [5.74, 6) is 0.237. The zero-order valence-corrected chi connectivity index (χ0v) is 12.8. The summed E-state index contributed by atoms with van der Waals surface area (Å²) in [6.07, 6.45) is -6.85. The van der Waals surface area contributed by atoms with Crippen LogP contribution >= 0.6 is 0 Å². The molecule has 0 saturated carbocycles. The Bertz CT molecular complexity index is 783. The fourth-order valence-electron chi connectivity index (χ4n) is 2.68. The van der Waals surface area contributed by atoms with E-state index in [0.717, 1.165) is 10.9 Å². The Morgan fingerprint density at radius 3 is 2.58 bits per heavy atom. The largest absolute Gasteiger partial charge is 0.462 e. The van der Waals surface area contributed by atoms with Crippen LogP contribution in [-0.2, 0) is 4.74 Å². The average molecular weight is 338 g/mol. The third kappa shape index (κ3) is 3.02. The Morgan fingerprint density at radius 2 is 1.88 bits per heavy atom. The normalized spacial score (nSPS) is 30.5. The molecule has 8 heteroatoms. The number of benzene rings is 1. The first-order valence-corrected chi connectivity index (χ1v) is 7.42. The third-order valence-corrected chi connectivity index (χ3v) is 4.02. The van der Waals surface area contributed by atoms with Gasteiger partial charge in [0.15, 0.2) is 0 Å². The van der Waals surface area contributed by atoms with Crippen LogP contribution in [0.15, 0.2) is 33.5 Å². The van der Waals surface area contributed by atoms with Crippen molar-refractivity contribution in [1.29, 1.82) is 0 Å². The second-order valence-electron chi connectivity index (χ2n) is 5.72. The van der Waals surface area contributed by atoms with Crippen LogP contribution in [0.1, 0.15) is 5.56 Å². The van der Waals surface area contributed by atoms with Gasteiger partial charge in [0.1, 0.15) is 35.7 Å². The number of aliphatic hydroxyl groups is 4. The monoisotopic (exact) mass is 338 g/mol. The first-order chi connectivity index (χ1) is 11.4. The van der Waals surface area contributed by atoms with Crippen LogP contribution < -0.4 is 10.4 Å². The molecule has 1 aliphatic rings. The van der Waals surface area contributed by atoms with E-state index in [1.807, 2.05) is 0 Å². The molecule has 4 N–H and O–H groups in total. The van der Waals surface area contributed by atoms with E-state index in [1.54, 1.807) is 19.1 Å². The summed E-state index contributed by atoms with van der Waals surface area (Å²) in [6, 6.07) is 6.12. The minimum Gasteiger partial charge on any atom is -0.462 e. The summed E-state index contributed by atoms with van der Waals surface area (Å²) in [6.45, 7) is 1.23. The maximum Gasteiger partial charge on any atom is 0.336 e. The SMILES string of the molecule is Cc1cc(=O)oc2cc(OC3O[C@@H](CO)[C@H](O)[C@@H](O)[C@H]3O)ccc12. The topological polar surface area (TPSA) is 130 Å². The quantitative estimate of drug-likeness (QED) is 0.540. The Hall–Kier alpha value is -1.97. The van der Waals surface area contributed by atoms with Crippen molar-refractivity contribution in [3.8, 4) is 5.75 Å². The van der Waals surface area contributed by atoms with Gasteiger partial charge in [-0.1, -0.05) is 0 Å². The molecule has 0 aliphatic carbocycles. The molecule has 1 fully saturated rings. The second-order valence-corrected chi connectivity index (χ2v) is 5.72. The number of aryl methyl sites for hydroxylation is 1. The Labute approximate surface area is 136 Å². The van der Waals surface area contributed by atoms with Crippen molar-refractivity contribution < 1.29 is 34.3 Å². The van der Waals surface area contributed by atoms with Gasteiger partial charge in [0.2, 0.25) is 6.29 Å². The van der Waals surface area contributed by atoms with Gasteiger partial charge in [0, 0.05) is 17.5 Å². The van der Waals surface area contributed by atoms with E-state index in [9.17, 15) is 20.1 Å². The summed E-state index contributed by atoms with van der Waals surface area (Å²) in [4.78, 5) is 11.5. The first-order valence-electron chi connectivity index (χ1n) is 7.42. The Kier molecular flexibility index (Phi) is 4.57. The molecule has 1 aromatic carbocycles. The van der Waals surface area contributed by atoms with Gasteiger partial charge in [-0.25, -0.2) is 4.79 Å². The van der Waals surface area contributed by atoms with Gasteiger partial charge in [-0.2, -0.15) is 0 Å². The van der Waals surface area contributed by atoms with Crippen LogP contribution in [0, 0.1) is 6.92 Å². The summed E-state index contributed by atoms with van der Waals surface area (Å²) in [7, 11) is 0. The maximum absolute atomic E-state index is 11.5. The molecule has 0 radical (unpaired) electrons. The molecule has 130 valence electrons. The van der Waals surface area contributed by atoms with Crippen molar-refractivity contribution in [2.24, 2.45) is 0 Å². The van der Waals surface area contributed by atoms with E-state index < -0.39 is 42.9 Å². The first kappa shape index (κ1) is 16.9. The van der Waals surface area contributed by atoms with Crippen molar-refractivity contribution in [2.75, 3.05) is 6.61 Å². The second kappa shape index (κ2) is 6.50. The summed E-state index contributed by atoms with van der Waals surface area (Å²) >= 11 is 0. The molecule has 1 aromatic heterocycles. The predicted molar refractivity (Wildman–Crippen MR) is 81.6 cm³/mol. The lowest BCUT2D eigenvalue weighted by Crippen LogP contribution is -2.60. The minimum atomic E-state index is -1.53. The Balaban J connectivity index is 1.87. The van der Waals surface area contributed by atoms with E-state index in [0.29, 0.717) is 5.58 Å². The van der Waals surface area contributed by atoms with E-state index >= 15 is 0 Å². The zero-order chi connectivity index (χ0) is 17.4. The van der Waals surface area contributed by atoms with Crippen molar-refractivity contribution in [2.45, 2.75) is 37.6 Å². The van der Waals surface area contributed by atoms with Crippen molar-refractivity contribution in [3.05, 3.63) is 40.2 Å². The van der Waals surface area contributed by atoms with Crippen LogP contribution in [-0.4, -0.2) is 57.7 Å². The van der Waals surface area contributed by atoms with Gasteiger partial charge in [-0.15, -0.1) is 0 Å². The number of aliphatic hydroxyl groups excluding tert-OH is 4. The van der Waals surface area contributed by atoms with Crippen LogP contribution in [0.25, 0.3) is 11.0 Å². The van der Waals surface area contributed by atoms with Gasteiger partial charge in [-0.3, -0.25) is 0 Å². The summed E-state index contributed by atoms with van der Waals surface area (Å²) in [5, 5.41) is 39.4. The van der Waals surface area contributed by atoms with E-state index in [-0.39, 0.29) is 5.75 Å². The fourth-order valence-corrected chi connectivity index (χ4v) is 2.68. The molecule has 24 heavy (non-hydrogen) atoms. The minimum absolute atomic E-state index is 0.237. The van der Waals surface area contributed by atoms with Crippen molar-refractivity contribution in [1.82, 2.24) is 0 Å². The molecule has 2 heterocycles. The predicted octanol–water partition coefficient (Wildman–Crippen LogP) is -0.720. The van der Waals surface area contributed by atoms with Gasteiger partial charge in [0.25, 0.3) is 0 Å². The molecule has 1 saturated heterocycles. The average Bonchev–Trinajstić information content (AvgIpc) is 2.55. The number of hydrogen-bond donors (Lipinski definition) is 4. The van der Waals surface area contributed by atoms with Crippen LogP contribution in [0.5, 0.6) is 5.75 Å². The van der Waals surface area contributed by atoms with E-state index in [1.165, 1.54) is 12.1 Å². The molecule has 8 nitrogen and oxygen atoms in total. The molecule has 0 amide bonds. The highest BCUT2D eigenvalue weighted by molar-refractivity contribution is 5.81. The molecule has 5 atom stereocenters. The molecule has 1 aliphatic heterocycles. The highest BCUT2D eigenvalue weighted by Gasteiger charge is 2.44.